The highest BCUT2D eigenvalue weighted by molar-refractivity contribution is 7.90. The van der Waals surface area contributed by atoms with Crippen LogP contribution in [0.15, 0.2) is 58.4 Å². The molecule has 1 amide bonds. The number of fused-ring (bicyclic) bond motifs is 1. The average Bonchev–Trinajstić information content (AvgIpc) is 2.91. The van der Waals surface area contributed by atoms with Gasteiger partial charge < -0.3 is 10.2 Å². The Hall–Kier alpha value is -2.71. The molecule has 0 radical (unpaired) electrons. The largest absolute Gasteiger partial charge is 0.352 e. The molecule has 28 heavy (non-hydrogen) atoms. The Kier molecular flexibility index (Phi) is 6.11. The van der Waals surface area contributed by atoms with Gasteiger partial charge in [-0.3, -0.25) is 14.5 Å². The van der Waals surface area contributed by atoms with E-state index < -0.39 is 10.0 Å². The number of sulfonamides is 1. The summed E-state index contributed by atoms with van der Waals surface area (Å²) in [7, 11) is 0.456. The second kappa shape index (κ2) is 8.53. The summed E-state index contributed by atoms with van der Waals surface area (Å²) < 4.78 is 26.5. The predicted octanol–water partition coefficient (Wildman–Crippen LogP) is 1.49. The maximum absolute atomic E-state index is 12.2. The molecule has 1 heterocycles. The van der Waals surface area contributed by atoms with Crippen LogP contribution in [0.1, 0.15) is 23.1 Å². The predicted molar refractivity (Wildman–Crippen MR) is 108 cm³/mol. The molecule has 1 aliphatic rings. The monoisotopic (exact) mass is 400 g/mol. The van der Waals surface area contributed by atoms with Crippen LogP contribution in [-0.4, -0.2) is 45.7 Å². The number of rotatable bonds is 7. The Bertz CT molecular complexity index is 1000. The van der Waals surface area contributed by atoms with E-state index in [0.717, 1.165) is 12.1 Å². The summed E-state index contributed by atoms with van der Waals surface area (Å²) in [6.45, 7) is 1.46. The van der Waals surface area contributed by atoms with E-state index in [1.165, 1.54) is 11.6 Å². The first kappa shape index (κ1) is 20.0. The fourth-order valence-corrected chi connectivity index (χ4v) is 4.28. The SMILES string of the molecule is CN(C)Cc1ccccc1CNC(=O)CCN=C1NS(=O)(=O)c2ccccc21. The van der Waals surface area contributed by atoms with Crippen molar-refractivity contribution in [2.24, 2.45) is 4.99 Å². The summed E-state index contributed by atoms with van der Waals surface area (Å²) in [5, 5.41) is 2.91. The van der Waals surface area contributed by atoms with E-state index in [9.17, 15) is 13.2 Å². The Labute approximate surface area is 165 Å². The molecule has 0 aliphatic carbocycles. The van der Waals surface area contributed by atoms with Gasteiger partial charge in [0, 0.05) is 25.1 Å². The first-order chi connectivity index (χ1) is 13.4. The lowest BCUT2D eigenvalue weighted by molar-refractivity contribution is -0.121. The Morgan fingerprint density at radius 2 is 1.75 bits per heavy atom. The molecule has 0 aromatic heterocycles. The number of aliphatic imine (C=N–C) groups is 1. The van der Waals surface area contributed by atoms with Gasteiger partial charge in [-0.05, 0) is 37.4 Å². The van der Waals surface area contributed by atoms with E-state index in [0.29, 0.717) is 17.9 Å². The normalized spacial score (nSPS) is 16.0. The second-order valence-corrected chi connectivity index (χ2v) is 8.52. The Balaban J connectivity index is 1.56. The zero-order chi connectivity index (χ0) is 20.1. The van der Waals surface area contributed by atoms with Crippen LogP contribution in [0.5, 0.6) is 0 Å². The number of benzene rings is 2. The van der Waals surface area contributed by atoms with Gasteiger partial charge in [0.1, 0.15) is 5.84 Å². The van der Waals surface area contributed by atoms with Gasteiger partial charge in [-0.2, -0.15) is 0 Å². The van der Waals surface area contributed by atoms with Crippen molar-refractivity contribution in [2.45, 2.75) is 24.4 Å². The molecule has 0 atom stereocenters. The average molecular weight is 401 g/mol. The first-order valence-corrected chi connectivity index (χ1v) is 10.5. The molecule has 0 spiro atoms. The number of carbonyl (C=O) groups excluding carboxylic acids is 1. The standard InChI is InChI=1S/C20H24N4O3S/c1-24(2)14-16-8-4-3-7-15(16)13-22-19(25)11-12-21-20-17-9-5-6-10-18(17)28(26,27)23-20/h3-10H,11-14H2,1-2H3,(H,21,23)(H,22,25). The molecule has 2 aromatic rings. The number of nitrogens with zero attached hydrogens (tertiary/aromatic N) is 2. The molecule has 0 unspecified atom stereocenters. The van der Waals surface area contributed by atoms with Gasteiger partial charge >= 0.3 is 0 Å². The van der Waals surface area contributed by atoms with Gasteiger partial charge in [0.05, 0.1) is 11.4 Å². The van der Waals surface area contributed by atoms with Crippen molar-refractivity contribution in [1.29, 1.82) is 0 Å². The van der Waals surface area contributed by atoms with E-state index >= 15 is 0 Å². The molecule has 0 saturated carbocycles. The van der Waals surface area contributed by atoms with Gasteiger partial charge in [-0.1, -0.05) is 36.4 Å². The molecule has 0 bridgehead atoms. The summed E-state index contributed by atoms with van der Waals surface area (Å²) >= 11 is 0. The van der Waals surface area contributed by atoms with E-state index in [-0.39, 0.29) is 23.8 Å². The van der Waals surface area contributed by atoms with Crippen LogP contribution in [0.3, 0.4) is 0 Å². The minimum atomic E-state index is -3.55. The van der Waals surface area contributed by atoms with Crippen LogP contribution in [0.4, 0.5) is 0 Å². The zero-order valence-corrected chi connectivity index (χ0v) is 16.8. The fourth-order valence-electron chi connectivity index (χ4n) is 3.03. The number of nitrogens with one attached hydrogen (secondary N) is 2. The zero-order valence-electron chi connectivity index (χ0n) is 16.0. The lowest BCUT2D eigenvalue weighted by Gasteiger charge is -2.14. The van der Waals surface area contributed by atoms with Gasteiger partial charge in [-0.25, -0.2) is 8.42 Å². The van der Waals surface area contributed by atoms with Crippen LogP contribution in [0.25, 0.3) is 0 Å². The maximum Gasteiger partial charge on any atom is 0.263 e. The summed E-state index contributed by atoms with van der Waals surface area (Å²) in [5.41, 5.74) is 2.79. The van der Waals surface area contributed by atoms with Crippen molar-refractivity contribution >= 4 is 21.8 Å². The molecule has 8 heteroatoms. The number of amides is 1. The number of amidine groups is 1. The topological polar surface area (TPSA) is 90.9 Å². The van der Waals surface area contributed by atoms with E-state index in [1.807, 2.05) is 32.3 Å². The van der Waals surface area contributed by atoms with Gasteiger partial charge in [0.15, 0.2) is 0 Å². The molecule has 148 valence electrons. The third-order valence-corrected chi connectivity index (χ3v) is 5.75. The van der Waals surface area contributed by atoms with Gasteiger partial charge in [0.2, 0.25) is 5.91 Å². The first-order valence-electron chi connectivity index (χ1n) is 9.02. The van der Waals surface area contributed by atoms with Crippen molar-refractivity contribution in [3.8, 4) is 0 Å². The number of carbonyl (C=O) groups is 1. The lowest BCUT2D eigenvalue weighted by Crippen LogP contribution is -2.25. The van der Waals surface area contributed by atoms with Crippen molar-refractivity contribution in [1.82, 2.24) is 14.9 Å². The molecule has 1 aliphatic heterocycles. The fraction of sp³-hybridized carbons (Fsp3) is 0.300. The molecule has 3 rings (SSSR count). The minimum Gasteiger partial charge on any atom is -0.352 e. The van der Waals surface area contributed by atoms with E-state index in [4.69, 9.17) is 0 Å². The Morgan fingerprint density at radius 3 is 2.50 bits per heavy atom. The van der Waals surface area contributed by atoms with Gasteiger partial charge in [0.25, 0.3) is 10.0 Å². The number of hydrogen-bond donors (Lipinski definition) is 2. The van der Waals surface area contributed by atoms with Crippen LogP contribution < -0.4 is 10.0 Å². The van der Waals surface area contributed by atoms with Crippen molar-refractivity contribution in [3.63, 3.8) is 0 Å². The quantitative estimate of drug-likeness (QED) is 0.737. The molecule has 2 aromatic carbocycles. The molecular weight excluding hydrogens is 376 g/mol. The van der Waals surface area contributed by atoms with Crippen LogP contribution in [-0.2, 0) is 27.9 Å². The minimum absolute atomic E-state index is 0.127. The molecule has 2 N–H and O–H groups in total. The molecule has 0 fully saturated rings. The van der Waals surface area contributed by atoms with Gasteiger partial charge in [-0.15, -0.1) is 0 Å². The van der Waals surface area contributed by atoms with E-state index in [2.05, 4.69) is 26.0 Å². The highest BCUT2D eigenvalue weighted by Crippen LogP contribution is 2.22. The second-order valence-electron chi connectivity index (χ2n) is 6.87. The Morgan fingerprint density at radius 1 is 1.07 bits per heavy atom. The third-order valence-electron chi connectivity index (χ3n) is 4.35. The summed E-state index contributed by atoms with van der Waals surface area (Å²) in [4.78, 5) is 18.7. The summed E-state index contributed by atoms with van der Waals surface area (Å²) in [5.74, 6) is 0.165. The number of hydrogen-bond acceptors (Lipinski definition) is 5. The summed E-state index contributed by atoms with van der Waals surface area (Å²) in [6.07, 6.45) is 0.184. The molecular formula is C20H24N4O3S. The lowest BCUT2D eigenvalue weighted by atomic mass is 10.1. The third kappa shape index (κ3) is 4.76. The smallest absolute Gasteiger partial charge is 0.263 e. The highest BCUT2D eigenvalue weighted by Gasteiger charge is 2.29. The van der Waals surface area contributed by atoms with E-state index in [1.54, 1.807) is 18.2 Å². The molecule has 7 nitrogen and oxygen atoms in total. The van der Waals surface area contributed by atoms with Crippen molar-refractivity contribution in [3.05, 3.63) is 65.2 Å². The van der Waals surface area contributed by atoms with Crippen LogP contribution in [0.2, 0.25) is 0 Å². The van der Waals surface area contributed by atoms with Crippen LogP contribution in [0, 0.1) is 0 Å². The highest BCUT2D eigenvalue weighted by atomic mass is 32.2. The maximum atomic E-state index is 12.2. The van der Waals surface area contributed by atoms with Crippen molar-refractivity contribution in [2.75, 3.05) is 20.6 Å². The van der Waals surface area contributed by atoms with Crippen molar-refractivity contribution < 1.29 is 13.2 Å². The molecule has 0 saturated heterocycles. The summed E-state index contributed by atoms with van der Waals surface area (Å²) in [6, 6.07) is 14.7. The van der Waals surface area contributed by atoms with Crippen LogP contribution >= 0.6 is 0 Å².